The monoisotopic (exact) mass is 261 g/mol. The molecule has 0 spiro atoms. The first kappa shape index (κ1) is 12.9. The molecule has 0 aliphatic heterocycles. The quantitative estimate of drug-likeness (QED) is 0.757. The van der Waals surface area contributed by atoms with Crippen LogP contribution in [0.15, 0.2) is 36.4 Å². The number of hydrogen-bond acceptors (Lipinski definition) is 2. The molecule has 18 heavy (non-hydrogen) atoms. The van der Waals surface area contributed by atoms with Crippen LogP contribution < -0.4 is 4.74 Å². The number of hydrogen-bond donors (Lipinski definition) is 0. The van der Waals surface area contributed by atoms with Gasteiger partial charge in [-0.1, -0.05) is 25.1 Å². The first-order valence-corrected chi connectivity index (χ1v) is 6.55. The van der Waals surface area contributed by atoms with Crippen molar-refractivity contribution in [1.82, 2.24) is 4.98 Å². The first-order chi connectivity index (χ1) is 8.72. The average Bonchev–Trinajstić information content (AvgIpc) is 2.38. The Hall–Kier alpha value is -1.54. The molecule has 0 atom stereocenters. The van der Waals surface area contributed by atoms with Gasteiger partial charge in [0.2, 0.25) is 5.88 Å². The number of alkyl halides is 1. The van der Waals surface area contributed by atoms with Crippen LogP contribution in [0.5, 0.6) is 11.6 Å². The van der Waals surface area contributed by atoms with E-state index in [2.05, 4.69) is 18.0 Å². The van der Waals surface area contributed by atoms with Gasteiger partial charge >= 0.3 is 0 Å². The van der Waals surface area contributed by atoms with Crippen molar-refractivity contribution in [2.45, 2.75) is 26.1 Å². The molecule has 94 valence electrons. The lowest BCUT2D eigenvalue weighted by molar-refractivity contribution is 0.456. The third-order valence-corrected chi connectivity index (χ3v) is 3.02. The van der Waals surface area contributed by atoms with Crippen LogP contribution >= 0.6 is 11.6 Å². The fraction of sp³-hybridized carbons (Fsp3) is 0.267. The van der Waals surface area contributed by atoms with E-state index in [9.17, 15) is 0 Å². The Kier molecular flexibility index (Phi) is 4.21. The molecule has 2 aromatic rings. The Morgan fingerprint density at radius 3 is 2.72 bits per heavy atom. The van der Waals surface area contributed by atoms with E-state index in [0.717, 1.165) is 23.4 Å². The van der Waals surface area contributed by atoms with Gasteiger partial charge in [0.15, 0.2) is 0 Å². The van der Waals surface area contributed by atoms with Gasteiger partial charge in [-0.15, -0.1) is 11.6 Å². The molecule has 0 fully saturated rings. The van der Waals surface area contributed by atoms with Crippen molar-refractivity contribution >= 4 is 11.6 Å². The van der Waals surface area contributed by atoms with E-state index in [1.54, 1.807) is 0 Å². The topological polar surface area (TPSA) is 22.1 Å². The van der Waals surface area contributed by atoms with Crippen molar-refractivity contribution in [3.05, 3.63) is 53.2 Å². The molecule has 0 aliphatic carbocycles. The summed E-state index contributed by atoms with van der Waals surface area (Å²) in [6, 6.07) is 11.8. The minimum atomic E-state index is 0.467. The van der Waals surface area contributed by atoms with Crippen LogP contribution in [0.3, 0.4) is 0 Å². The zero-order valence-electron chi connectivity index (χ0n) is 10.6. The highest BCUT2D eigenvalue weighted by Crippen LogP contribution is 2.25. The number of halogens is 1. The Morgan fingerprint density at radius 1 is 1.22 bits per heavy atom. The Bertz CT molecular complexity index is 540. The minimum absolute atomic E-state index is 0.467. The van der Waals surface area contributed by atoms with Crippen molar-refractivity contribution in [3.63, 3.8) is 0 Å². The first-order valence-electron chi connectivity index (χ1n) is 6.02. The second kappa shape index (κ2) is 5.87. The predicted octanol–water partition coefficient (Wildman–Crippen LogP) is 4.48. The molecule has 0 amide bonds. The van der Waals surface area contributed by atoms with Gasteiger partial charge in [-0.25, -0.2) is 4.98 Å². The van der Waals surface area contributed by atoms with E-state index >= 15 is 0 Å². The highest BCUT2D eigenvalue weighted by molar-refractivity contribution is 6.17. The van der Waals surface area contributed by atoms with Crippen LogP contribution in [-0.4, -0.2) is 4.98 Å². The van der Waals surface area contributed by atoms with Crippen molar-refractivity contribution in [3.8, 4) is 11.6 Å². The number of ether oxygens (including phenoxy) is 1. The lowest BCUT2D eigenvalue weighted by atomic mass is 10.1. The molecule has 0 aliphatic rings. The van der Waals surface area contributed by atoms with Crippen molar-refractivity contribution in [2.24, 2.45) is 0 Å². The summed E-state index contributed by atoms with van der Waals surface area (Å²) in [5.41, 5.74) is 3.11. The van der Waals surface area contributed by atoms with E-state index in [1.165, 1.54) is 5.56 Å². The molecule has 2 nitrogen and oxygen atoms in total. The van der Waals surface area contributed by atoms with Gasteiger partial charge in [-0.05, 0) is 36.6 Å². The van der Waals surface area contributed by atoms with Crippen molar-refractivity contribution < 1.29 is 4.74 Å². The molecule has 0 saturated heterocycles. The van der Waals surface area contributed by atoms with Gasteiger partial charge in [-0.2, -0.15) is 0 Å². The predicted molar refractivity (Wildman–Crippen MR) is 74.4 cm³/mol. The fourth-order valence-corrected chi connectivity index (χ4v) is 2.00. The van der Waals surface area contributed by atoms with Gasteiger partial charge in [0, 0.05) is 17.6 Å². The van der Waals surface area contributed by atoms with Crippen LogP contribution in [0.1, 0.15) is 23.7 Å². The van der Waals surface area contributed by atoms with E-state index < -0.39 is 0 Å². The maximum Gasteiger partial charge on any atom is 0.219 e. The fourth-order valence-electron chi connectivity index (χ4n) is 1.84. The van der Waals surface area contributed by atoms with Gasteiger partial charge < -0.3 is 4.74 Å². The maximum absolute atomic E-state index is 5.85. The number of nitrogens with zero attached hydrogens (tertiary/aromatic N) is 1. The summed E-state index contributed by atoms with van der Waals surface area (Å²) in [6.07, 6.45) is 0.935. The number of pyridine rings is 1. The molecule has 0 bridgehead atoms. The van der Waals surface area contributed by atoms with Crippen molar-refractivity contribution in [2.75, 3.05) is 0 Å². The van der Waals surface area contributed by atoms with Crippen LogP contribution in [0.25, 0.3) is 0 Å². The van der Waals surface area contributed by atoms with E-state index in [-0.39, 0.29) is 0 Å². The number of rotatable bonds is 4. The second-order valence-corrected chi connectivity index (χ2v) is 4.42. The number of benzene rings is 1. The molecule has 1 aromatic heterocycles. The van der Waals surface area contributed by atoms with Crippen LogP contribution in [0.2, 0.25) is 0 Å². The van der Waals surface area contributed by atoms with Crippen LogP contribution in [0, 0.1) is 6.92 Å². The summed E-state index contributed by atoms with van der Waals surface area (Å²) in [6.45, 7) is 4.05. The summed E-state index contributed by atoms with van der Waals surface area (Å²) in [5.74, 6) is 1.93. The standard InChI is InChI=1S/C15H16ClNO/c1-3-13-6-4-5-7-14(13)18-15-9-12(10-16)8-11(2)17-15/h4-9H,3,10H2,1-2H3. The second-order valence-electron chi connectivity index (χ2n) is 4.15. The molecular weight excluding hydrogens is 246 g/mol. The van der Waals surface area contributed by atoms with Gasteiger partial charge in [-0.3, -0.25) is 0 Å². The average molecular weight is 262 g/mol. The molecular formula is C15H16ClNO. The highest BCUT2D eigenvalue weighted by Gasteiger charge is 2.05. The molecule has 1 aromatic carbocycles. The number of para-hydroxylation sites is 1. The third-order valence-electron chi connectivity index (χ3n) is 2.71. The van der Waals surface area contributed by atoms with Gasteiger partial charge in [0.1, 0.15) is 5.75 Å². The van der Waals surface area contributed by atoms with E-state index in [4.69, 9.17) is 16.3 Å². The lowest BCUT2D eigenvalue weighted by Crippen LogP contribution is -1.95. The molecule has 3 heteroatoms. The zero-order chi connectivity index (χ0) is 13.0. The minimum Gasteiger partial charge on any atom is -0.439 e. The summed E-state index contributed by atoms with van der Waals surface area (Å²) >= 11 is 5.85. The Balaban J connectivity index is 2.30. The molecule has 1 heterocycles. The summed E-state index contributed by atoms with van der Waals surface area (Å²) < 4.78 is 5.85. The van der Waals surface area contributed by atoms with Gasteiger partial charge in [0.25, 0.3) is 0 Å². The Labute approximate surface area is 113 Å². The summed E-state index contributed by atoms with van der Waals surface area (Å²) in [7, 11) is 0. The maximum atomic E-state index is 5.85. The highest BCUT2D eigenvalue weighted by atomic mass is 35.5. The zero-order valence-corrected chi connectivity index (χ0v) is 11.4. The van der Waals surface area contributed by atoms with E-state index in [0.29, 0.717) is 11.8 Å². The van der Waals surface area contributed by atoms with Crippen molar-refractivity contribution in [1.29, 1.82) is 0 Å². The number of aryl methyl sites for hydroxylation is 2. The summed E-state index contributed by atoms with van der Waals surface area (Å²) in [4.78, 5) is 4.37. The molecule has 0 N–H and O–H groups in total. The normalized spacial score (nSPS) is 10.4. The van der Waals surface area contributed by atoms with Crippen LogP contribution in [-0.2, 0) is 12.3 Å². The molecule has 2 rings (SSSR count). The number of aromatic nitrogens is 1. The third kappa shape index (κ3) is 3.02. The molecule has 0 radical (unpaired) electrons. The van der Waals surface area contributed by atoms with E-state index in [1.807, 2.05) is 37.3 Å². The van der Waals surface area contributed by atoms with Gasteiger partial charge in [0.05, 0.1) is 0 Å². The Morgan fingerprint density at radius 2 is 2.00 bits per heavy atom. The molecule has 0 unspecified atom stereocenters. The SMILES string of the molecule is CCc1ccccc1Oc1cc(CCl)cc(C)n1. The smallest absolute Gasteiger partial charge is 0.219 e. The largest absolute Gasteiger partial charge is 0.439 e. The van der Waals surface area contributed by atoms with Crippen LogP contribution in [0.4, 0.5) is 0 Å². The lowest BCUT2D eigenvalue weighted by Gasteiger charge is -2.10. The molecule has 0 saturated carbocycles. The summed E-state index contributed by atoms with van der Waals surface area (Å²) in [5, 5.41) is 0.